The van der Waals surface area contributed by atoms with Gasteiger partial charge in [0.05, 0.1) is 0 Å². The Morgan fingerprint density at radius 3 is 2.67 bits per heavy atom. The fourth-order valence-electron chi connectivity index (χ4n) is 2.12. The Kier molecular flexibility index (Phi) is 5.35. The molecule has 0 unspecified atom stereocenters. The van der Waals surface area contributed by atoms with Crippen LogP contribution in [0, 0.1) is 0 Å². The highest BCUT2D eigenvalue weighted by Gasteiger charge is 2.10. The van der Waals surface area contributed by atoms with Gasteiger partial charge in [-0.2, -0.15) is 9.97 Å². The van der Waals surface area contributed by atoms with Crippen LogP contribution in [0.1, 0.15) is 6.42 Å². The number of aromatic nitrogens is 4. The molecule has 0 bridgehead atoms. The van der Waals surface area contributed by atoms with Crippen LogP contribution in [0.4, 0.5) is 17.5 Å². The molecule has 0 aliphatic heterocycles. The maximum absolute atomic E-state index is 5.92. The van der Waals surface area contributed by atoms with E-state index in [2.05, 4.69) is 30.6 Å². The molecule has 8 heteroatoms. The van der Waals surface area contributed by atoms with Crippen LogP contribution in [0.3, 0.4) is 0 Å². The van der Waals surface area contributed by atoms with Crippen LogP contribution in [0.15, 0.2) is 36.7 Å². The van der Waals surface area contributed by atoms with Crippen molar-refractivity contribution >= 4 is 40.2 Å². The van der Waals surface area contributed by atoms with Crippen LogP contribution < -0.4 is 10.6 Å². The monoisotopic (exact) mass is 344 g/mol. The standard InChI is InChI=1S/C16H17ClN6O/c1-24-10-2-7-20-16-22-14-13(18-8-9-19-14)15(23-16)21-12-5-3-11(17)4-6-12/h3-6,8-9H,2,7,10H2,1H3,(H2,19,20,21,22,23). The van der Waals surface area contributed by atoms with Gasteiger partial charge in [0.25, 0.3) is 0 Å². The number of hydrogen-bond donors (Lipinski definition) is 2. The summed E-state index contributed by atoms with van der Waals surface area (Å²) in [4.78, 5) is 17.5. The molecular weight excluding hydrogens is 328 g/mol. The van der Waals surface area contributed by atoms with Gasteiger partial charge >= 0.3 is 0 Å². The van der Waals surface area contributed by atoms with Crippen LogP contribution in [0.2, 0.25) is 5.02 Å². The second-order valence-electron chi connectivity index (χ2n) is 5.03. The number of fused-ring (bicyclic) bond motifs is 1. The summed E-state index contributed by atoms with van der Waals surface area (Å²) in [5.41, 5.74) is 1.99. The molecule has 0 aliphatic rings. The lowest BCUT2D eigenvalue weighted by atomic mass is 10.3. The van der Waals surface area contributed by atoms with Crippen molar-refractivity contribution in [3.63, 3.8) is 0 Å². The number of methoxy groups -OCH3 is 1. The van der Waals surface area contributed by atoms with E-state index in [0.717, 1.165) is 12.1 Å². The number of nitrogens with one attached hydrogen (secondary N) is 2. The van der Waals surface area contributed by atoms with Gasteiger partial charge in [0.1, 0.15) is 0 Å². The number of nitrogens with zero attached hydrogens (tertiary/aromatic N) is 4. The van der Waals surface area contributed by atoms with Crippen molar-refractivity contribution in [2.75, 3.05) is 30.9 Å². The molecule has 3 aromatic rings. The van der Waals surface area contributed by atoms with Gasteiger partial charge in [0.2, 0.25) is 5.95 Å². The summed E-state index contributed by atoms with van der Waals surface area (Å²) in [7, 11) is 1.68. The highest BCUT2D eigenvalue weighted by Crippen LogP contribution is 2.23. The van der Waals surface area contributed by atoms with Crippen LogP contribution >= 0.6 is 11.6 Å². The number of hydrogen-bond acceptors (Lipinski definition) is 7. The highest BCUT2D eigenvalue weighted by molar-refractivity contribution is 6.30. The van der Waals surface area contributed by atoms with Gasteiger partial charge in [0, 0.05) is 43.4 Å². The smallest absolute Gasteiger partial charge is 0.226 e. The first-order chi connectivity index (χ1) is 11.8. The fraction of sp³-hybridized carbons (Fsp3) is 0.250. The highest BCUT2D eigenvalue weighted by atomic mass is 35.5. The Hall–Kier alpha value is -2.51. The van der Waals surface area contributed by atoms with E-state index >= 15 is 0 Å². The number of rotatable bonds is 7. The van der Waals surface area contributed by atoms with Crippen LogP contribution in [-0.4, -0.2) is 40.2 Å². The number of benzene rings is 1. The molecule has 0 saturated heterocycles. The first-order valence-electron chi connectivity index (χ1n) is 7.50. The van der Waals surface area contributed by atoms with Crippen LogP contribution in [0.25, 0.3) is 11.2 Å². The topological polar surface area (TPSA) is 84.9 Å². The molecule has 0 amide bonds. The molecule has 0 fully saturated rings. The fourth-order valence-corrected chi connectivity index (χ4v) is 2.24. The molecule has 2 N–H and O–H groups in total. The summed E-state index contributed by atoms with van der Waals surface area (Å²) in [6, 6.07) is 7.36. The lowest BCUT2D eigenvalue weighted by Gasteiger charge is -2.10. The molecular formula is C16H17ClN6O. The molecule has 2 heterocycles. The summed E-state index contributed by atoms with van der Waals surface area (Å²) in [5.74, 6) is 1.08. The molecule has 124 valence electrons. The molecule has 1 aromatic carbocycles. The zero-order valence-corrected chi connectivity index (χ0v) is 13.9. The third kappa shape index (κ3) is 4.06. The maximum Gasteiger partial charge on any atom is 0.226 e. The first kappa shape index (κ1) is 16.4. The minimum absolute atomic E-state index is 0.496. The van der Waals surface area contributed by atoms with E-state index in [-0.39, 0.29) is 0 Å². The largest absolute Gasteiger partial charge is 0.385 e. The molecule has 24 heavy (non-hydrogen) atoms. The predicted molar refractivity (Wildman–Crippen MR) is 94.8 cm³/mol. The lowest BCUT2D eigenvalue weighted by Crippen LogP contribution is -2.09. The lowest BCUT2D eigenvalue weighted by molar-refractivity contribution is 0.197. The van der Waals surface area contributed by atoms with Gasteiger partial charge in [-0.3, -0.25) is 0 Å². The Morgan fingerprint density at radius 1 is 1.08 bits per heavy atom. The van der Waals surface area contributed by atoms with Crippen molar-refractivity contribution < 1.29 is 4.74 Å². The summed E-state index contributed by atoms with van der Waals surface area (Å²) in [6.45, 7) is 1.39. The molecule has 0 aliphatic carbocycles. The van der Waals surface area contributed by atoms with E-state index in [0.29, 0.717) is 41.1 Å². The number of anilines is 3. The number of ether oxygens (including phenoxy) is 1. The van der Waals surface area contributed by atoms with Crippen molar-refractivity contribution in [2.45, 2.75) is 6.42 Å². The minimum atomic E-state index is 0.496. The SMILES string of the molecule is COCCCNc1nc(Nc2ccc(Cl)cc2)c2nccnc2n1. The van der Waals surface area contributed by atoms with Crippen molar-refractivity contribution in [2.24, 2.45) is 0 Å². The molecule has 0 atom stereocenters. The second kappa shape index (κ2) is 7.85. The molecule has 3 rings (SSSR count). The summed E-state index contributed by atoms with van der Waals surface area (Å²) in [5, 5.41) is 7.09. The zero-order chi connectivity index (χ0) is 16.8. The normalized spacial score (nSPS) is 10.8. The van der Waals surface area contributed by atoms with E-state index in [1.54, 1.807) is 19.5 Å². The van der Waals surface area contributed by atoms with Gasteiger partial charge in [0.15, 0.2) is 17.0 Å². The Labute approximate surface area is 144 Å². The third-order valence-corrected chi connectivity index (χ3v) is 3.50. The van der Waals surface area contributed by atoms with Crippen molar-refractivity contribution in [3.05, 3.63) is 41.7 Å². The predicted octanol–water partition coefficient (Wildman–Crippen LogP) is 3.27. The second-order valence-corrected chi connectivity index (χ2v) is 5.47. The van der Waals surface area contributed by atoms with Gasteiger partial charge in [-0.25, -0.2) is 9.97 Å². The van der Waals surface area contributed by atoms with Gasteiger partial charge < -0.3 is 15.4 Å². The maximum atomic E-state index is 5.92. The molecule has 7 nitrogen and oxygen atoms in total. The first-order valence-corrected chi connectivity index (χ1v) is 7.88. The Morgan fingerprint density at radius 2 is 1.88 bits per heavy atom. The molecule has 0 radical (unpaired) electrons. The van der Waals surface area contributed by atoms with Crippen LogP contribution in [-0.2, 0) is 4.74 Å². The number of halogens is 1. The van der Waals surface area contributed by atoms with Crippen molar-refractivity contribution in [1.82, 2.24) is 19.9 Å². The quantitative estimate of drug-likeness (QED) is 0.636. The van der Waals surface area contributed by atoms with Crippen molar-refractivity contribution in [1.29, 1.82) is 0 Å². The molecule has 0 spiro atoms. The van der Waals surface area contributed by atoms with E-state index in [1.165, 1.54) is 0 Å². The Bertz CT molecular complexity index is 811. The zero-order valence-electron chi connectivity index (χ0n) is 13.2. The molecule has 2 aromatic heterocycles. The average molecular weight is 345 g/mol. The summed E-state index contributed by atoms with van der Waals surface area (Å²) < 4.78 is 5.04. The van der Waals surface area contributed by atoms with Gasteiger partial charge in [-0.15, -0.1) is 0 Å². The van der Waals surface area contributed by atoms with E-state index in [1.807, 2.05) is 24.3 Å². The van der Waals surface area contributed by atoms with E-state index in [4.69, 9.17) is 16.3 Å². The summed E-state index contributed by atoms with van der Waals surface area (Å²) >= 11 is 5.92. The van der Waals surface area contributed by atoms with Gasteiger partial charge in [-0.05, 0) is 30.7 Å². The van der Waals surface area contributed by atoms with Crippen molar-refractivity contribution in [3.8, 4) is 0 Å². The Balaban J connectivity index is 1.87. The minimum Gasteiger partial charge on any atom is -0.385 e. The van der Waals surface area contributed by atoms with E-state index < -0.39 is 0 Å². The van der Waals surface area contributed by atoms with Crippen LogP contribution in [0.5, 0.6) is 0 Å². The molecule has 0 saturated carbocycles. The summed E-state index contributed by atoms with van der Waals surface area (Å²) in [6.07, 6.45) is 4.08. The third-order valence-electron chi connectivity index (χ3n) is 3.25. The van der Waals surface area contributed by atoms with E-state index in [9.17, 15) is 0 Å². The van der Waals surface area contributed by atoms with Gasteiger partial charge in [-0.1, -0.05) is 11.6 Å². The average Bonchev–Trinajstić information content (AvgIpc) is 2.61.